The minimum absolute atomic E-state index is 0.248. The largest absolute Gasteiger partial charge is 0.368 e. The number of anilines is 2. The third-order valence-corrected chi connectivity index (χ3v) is 3.88. The molecule has 2 aromatic heterocycles. The molecule has 1 fully saturated rings. The summed E-state index contributed by atoms with van der Waals surface area (Å²) in [4.78, 5) is 18.0. The molecule has 7 heteroatoms. The molecule has 1 unspecified atom stereocenters. The Balaban J connectivity index is 1.68. The molecule has 1 aliphatic heterocycles. The Kier molecular flexibility index (Phi) is 3.68. The lowest BCUT2D eigenvalue weighted by Gasteiger charge is -2.32. The van der Waals surface area contributed by atoms with Crippen LogP contribution in [0.1, 0.15) is 26.2 Å². The summed E-state index contributed by atoms with van der Waals surface area (Å²) in [6, 6.07) is 0.476. The van der Waals surface area contributed by atoms with Crippen LogP contribution in [0.3, 0.4) is 0 Å². The molecule has 0 aromatic carbocycles. The second-order valence-corrected chi connectivity index (χ2v) is 5.36. The highest BCUT2D eigenvalue weighted by atomic mass is 15.2. The summed E-state index contributed by atoms with van der Waals surface area (Å²) < 4.78 is 0. The number of imidazole rings is 1. The zero-order valence-corrected chi connectivity index (χ0v) is 11.8. The molecule has 3 rings (SSSR count). The van der Waals surface area contributed by atoms with Gasteiger partial charge in [-0.05, 0) is 32.9 Å². The minimum Gasteiger partial charge on any atom is -0.368 e. The summed E-state index contributed by atoms with van der Waals surface area (Å²) in [7, 11) is 0. The fraction of sp³-hybridized carbons (Fsp3) is 0.615. The van der Waals surface area contributed by atoms with Gasteiger partial charge in [0.1, 0.15) is 5.52 Å². The van der Waals surface area contributed by atoms with Crippen molar-refractivity contribution in [3.8, 4) is 0 Å². The highest BCUT2D eigenvalue weighted by Crippen LogP contribution is 2.18. The number of fused-ring (bicyclic) bond motifs is 1. The molecule has 3 heterocycles. The Hall–Kier alpha value is -1.89. The monoisotopic (exact) mass is 275 g/mol. The molecule has 0 amide bonds. The number of rotatable bonds is 4. The lowest BCUT2D eigenvalue weighted by Crippen LogP contribution is -2.41. The average Bonchev–Trinajstić information content (AvgIpc) is 2.93. The minimum atomic E-state index is 0.248. The number of H-pyrrole nitrogens is 1. The molecule has 0 saturated carbocycles. The Bertz CT molecular complexity index is 573. The molecule has 0 aliphatic carbocycles. The van der Waals surface area contributed by atoms with Crippen LogP contribution in [0.25, 0.3) is 11.2 Å². The quantitative estimate of drug-likeness (QED) is 0.776. The van der Waals surface area contributed by atoms with E-state index in [9.17, 15) is 0 Å². The predicted molar refractivity (Wildman–Crippen MR) is 79.5 cm³/mol. The molecule has 2 aromatic rings. The third-order valence-electron chi connectivity index (χ3n) is 3.88. The Morgan fingerprint density at radius 3 is 2.95 bits per heavy atom. The van der Waals surface area contributed by atoms with Crippen molar-refractivity contribution >= 4 is 22.9 Å². The van der Waals surface area contributed by atoms with E-state index in [0.717, 1.165) is 17.9 Å². The van der Waals surface area contributed by atoms with Crippen molar-refractivity contribution in [3.63, 3.8) is 0 Å². The van der Waals surface area contributed by atoms with E-state index in [1.54, 1.807) is 6.33 Å². The predicted octanol–water partition coefficient (Wildman–Crippen LogP) is 1.22. The number of hydrogen-bond donors (Lipinski definition) is 3. The summed E-state index contributed by atoms with van der Waals surface area (Å²) in [6.07, 6.45) is 5.57. The first-order chi connectivity index (χ1) is 9.74. The summed E-state index contributed by atoms with van der Waals surface area (Å²) in [5, 5.41) is 3.37. The van der Waals surface area contributed by atoms with Crippen molar-refractivity contribution in [1.82, 2.24) is 24.8 Å². The number of nitrogens with two attached hydrogens (primary N) is 1. The van der Waals surface area contributed by atoms with E-state index in [1.807, 2.05) is 0 Å². The van der Waals surface area contributed by atoms with Gasteiger partial charge in [-0.25, -0.2) is 4.98 Å². The molecule has 7 nitrogen and oxygen atoms in total. The third kappa shape index (κ3) is 2.67. The van der Waals surface area contributed by atoms with Crippen LogP contribution < -0.4 is 11.1 Å². The number of likely N-dealkylation sites (tertiary alicyclic amines) is 1. The highest BCUT2D eigenvalue weighted by Gasteiger charge is 2.17. The first kappa shape index (κ1) is 13.1. The van der Waals surface area contributed by atoms with Gasteiger partial charge in [0, 0.05) is 12.6 Å². The van der Waals surface area contributed by atoms with Crippen LogP contribution in [0, 0.1) is 0 Å². The second kappa shape index (κ2) is 5.62. The molecule has 20 heavy (non-hydrogen) atoms. The van der Waals surface area contributed by atoms with E-state index in [2.05, 4.69) is 37.1 Å². The van der Waals surface area contributed by atoms with Crippen molar-refractivity contribution in [2.24, 2.45) is 0 Å². The standard InChI is InChI=1S/C13H21N7/c1-9(20-5-3-2-4-6-20)7-15-11-10-12(17-8-16-10)19-13(14)18-11/h8-9H,2-7H2,1H3,(H4,14,15,16,17,18,19). The number of nitrogens with one attached hydrogen (secondary N) is 2. The Morgan fingerprint density at radius 1 is 1.35 bits per heavy atom. The molecule has 0 bridgehead atoms. The first-order valence-electron chi connectivity index (χ1n) is 7.18. The van der Waals surface area contributed by atoms with E-state index < -0.39 is 0 Å². The molecule has 1 atom stereocenters. The molecule has 0 radical (unpaired) electrons. The number of nitrogens with zero attached hydrogens (tertiary/aromatic N) is 4. The van der Waals surface area contributed by atoms with Crippen LogP contribution in [0.4, 0.5) is 11.8 Å². The van der Waals surface area contributed by atoms with Gasteiger partial charge in [-0.1, -0.05) is 6.42 Å². The van der Waals surface area contributed by atoms with Crippen LogP contribution in [0.15, 0.2) is 6.33 Å². The number of aromatic amines is 1. The Labute approximate surface area is 118 Å². The molecule has 0 spiro atoms. The SMILES string of the molecule is CC(CNc1nc(N)nc2nc[nH]c12)N1CCCCC1. The molecule has 4 N–H and O–H groups in total. The fourth-order valence-corrected chi connectivity index (χ4v) is 2.71. The van der Waals surface area contributed by atoms with Gasteiger partial charge < -0.3 is 16.0 Å². The number of piperidine rings is 1. The fourth-order valence-electron chi connectivity index (χ4n) is 2.71. The summed E-state index contributed by atoms with van der Waals surface area (Å²) in [6.45, 7) is 5.46. The van der Waals surface area contributed by atoms with E-state index in [-0.39, 0.29) is 5.95 Å². The maximum Gasteiger partial charge on any atom is 0.224 e. The second-order valence-electron chi connectivity index (χ2n) is 5.36. The van der Waals surface area contributed by atoms with Gasteiger partial charge in [-0.2, -0.15) is 9.97 Å². The number of aromatic nitrogens is 4. The van der Waals surface area contributed by atoms with Crippen molar-refractivity contribution in [2.45, 2.75) is 32.2 Å². The van der Waals surface area contributed by atoms with Crippen molar-refractivity contribution in [2.75, 3.05) is 30.7 Å². The lowest BCUT2D eigenvalue weighted by molar-refractivity contribution is 0.180. The topological polar surface area (TPSA) is 95.7 Å². The smallest absolute Gasteiger partial charge is 0.224 e. The molecule has 1 aliphatic rings. The van der Waals surface area contributed by atoms with Crippen molar-refractivity contribution in [3.05, 3.63) is 6.33 Å². The zero-order chi connectivity index (χ0) is 13.9. The van der Waals surface area contributed by atoms with Crippen LogP contribution in [0.5, 0.6) is 0 Å². The van der Waals surface area contributed by atoms with E-state index in [1.165, 1.54) is 32.4 Å². The van der Waals surface area contributed by atoms with Crippen LogP contribution in [-0.4, -0.2) is 50.5 Å². The Morgan fingerprint density at radius 2 is 2.15 bits per heavy atom. The van der Waals surface area contributed by atoms with Gasteiger partial charge in [-0.15, -0.1) is 0 Å². The molecular formula is C13H21N7. The van der Waals surface area contributed by atoms with Crippen LogP contribution >= 0.6 is 0 Å². The summed E-state index contributed by atoms with van der Waals surface area (Å²) in [5.41, 5.74) is 7.12. The maximum absolute atomic E-state index is 5.71. The van der Waals surface area contributed by atoms with Gasteiger partial charge in [0.2, 0.25) is 5.95 Å². The van der Waals surface area contributed by atoms with Gasteiger partial charge in [-0.3, -0.25) is 4.90 Å². The average molecular weight is 275 g/mol. The molecule has 108 valence electrons. The van der Waals surface area contributed by atoms with Gasteiger partial charge in [0.15, 0.2) is 11.5 Å². The van der Waals surface area contributed by atoms with Gasteiger partial charge in [0.25, 0.3) is 0 Å². The van der Waals surface area contributed by atoms with Crippen molar-refractivity contribution in [1.29, 1.82) is 0 Å². The van der Waals surface area contributed by atoms with E-state index in [0.29, 0.717) is 11.7 Å². The first-order valence-corrected chi connectivity index (χ1v) is 7.18. The van der Waals surface area contributed by atoms with E-state index in [4.69, 9.17) is 5.73 Å². The molecule has 1 saturated heterocycles. The molecular weight excluding hydrogens is 254 g/mol. The van der Waals surface area contributed by atoms with Crippen LogP contribution in [-0.2, 0) is 0 Å². The van der Waals surface area contributed by atoms with Crippen molar-refractivity contribution < 1.29 is 0 Å². The van der Waals surface area contributed by atoms with Crippen LogP contribution in [0.2, 0.25) is 0 Å². The zero-order valence-electron chi connectivity index (χ0n) is 11.8. The van der Waals surface area contributed by atoms with E-state index >= 15 is 0 Å². The normalized spacial score (nSPS) is 18.2. The lowest BCUT2D eigenvalue weighted by atomic mass is 10.1. The number of hydrogen-bond acceptors (Lipinski definition) is 6. The summed E-state index contributed by atoms with van der Waals surface area (Å²) >= 11 is 0. The number of nitrogen functional groups attached to an aromatic ring is 1. The van der Waals surface area contributed by atoms with Gasteiger partial charge in [0.05, 0.1) is 6.33 Å². The maximum atomic E-state index is 5.71. The van der Waals surface area contributed by atoms with Gasteiger partial charge >= 0.3 is 0 Å². The highest BCUT2D eigenvalue weighted by molar-refractivity contribution is 5.83. The summed E-state index contributed by atoms with van der Waals surface area (Å²) in [5.74, 6) is 0.978.